The van der Waals surface area contributed by atoms with Crippen molar-refractivity contribution in [3.8, 4) is 5.75 Å². The Labute approximate surface area is 120 Å². The topological polar surface area (TPSA) is 37.0 Å². The monoisotopic (exact) mass is 272 g/mol. The number of rotatable bonds is 4. The van der Waals surface area contributed by atoms with Crippen LogP contribution in [0.5, 0.6) is 5.75 Å². The zero-order chi connectivity index (χ0) is 13.9. The largest absolute Gasteiger partial charge is 0.497 e. The summed E-state index contributed by atoms with van der Waals surface area (Å²) in [5.41, 5.74) is 2.67. The summed E-state index contributed by atoms with van der Waals surface area (Å²) < 4.78 is 5.37. The van der Waals surface area contributed by atoms with Gasteiger partial charge in [-0.15, -0.1) is 0 Å². The van der Waals surface area contributed by atoms with Crippen molar-refractivity contribution < 1.29 is 4.74 Å². The number of methoxy groups -OCH3 is 1. The highest BCUT2D eigenvalue weighted by Crippen LogP contribution is 2.37. The van der Waals surface area contributed by atoms with Crippen molar-refractivity contribution in [1.29, 1.82) is 0 Å². The van der Waals surface area contributed by atoms with Gasteiger partial charge in [0.25, 0.3) is 0 Å². The molecule has 20 heavy (non-hydrogen) atoms. The molecule has 0 spiro atoms. The molecule has 2 atom stereocenters. The van der Waals surface area contributed by atoms with E-state index in [1.54, 1.807) is 7.11 Å². The van der Waals surface area contributed by atoms with E-state index in [2.05, 4.69) is 35.6 Å². The first-order valence-electron chi connectivity index (χ1n) is 7.70. The van der Waals surface area contributed by atoms with E-state index in [4.69, 9.17) is 4.74 Å². The molecule has 3 rings (SSSR count). The average molecular weight is 272 g/mol. The number of H-pyrrole nitrogens is 1. The molecule has 1 fully saturated rings. The Morgan fingerprint density at radius 2 is 2.25 bits per heavy atom. The maximum absolute atomic E-state index is 5.37. The van der Waals surface area contributed by atoms with Gasteiger partial charge in [-0.25, -0.2) is 0 Å². The maximum Gasteiger partial charge on any atom is 0.119 e. The van der Waals surface area contributed by atoms with Gasteiger partial charge in [0, 0.05) is 23.1 Å². The smallest absolute Gasteiger partial charge is 0.119 e. The third kappa shape index (κ3) is 2.55. The Morgan fingerprint density at radius 1 is 1.35 bits per heavy atom. The van der Waals surface area contributed by atoms with Crippen LogP contribution in [0.25, 0.3) is 10.9 Å². The molecule has 3 nitrogen and oxygen atoms in total. The molecule has 0 amide bonds. The molecular formula is C17H24N2O. The minimum absolute atomic E-state index is 0.661. The van der Waals surface area contributed by atoms with Gasteiger partial charge in [-0.2, -0.15) is 0 Å². The Balaban J connectivity index is 1.89. The van der Waals surface area contributed by atoms with Gasteiger partial charge in [-0.3, -0.25) is 0 Å². The molecule has 108 valence electrons. The van der Waals surface area contributed by atoms with Gasteiger partial charge in [-0.05, 0) is 55.5 Å². The first kappa shape index (κ1) is 13.5. The number of aromatic nitrogens is 1. The lowest BCUT2D eigenvalue weighted by Crippen LogP contribution is -2.33. The zero-order valence-corrected chi connectivity index (χ0v) is 12.4. The number of fused-ring (bicyclic) bond motifs is 1. The van der Waals surface area contributed by atoms with E-state index in [1.165, 1.54) is 42.1 Å². The van der Waals surface area contributed by atoms with Crippen LogP contribution in [0.3, 0.4) is 0 Å². The molecule has 1 aromatic carbocycles. The molecule has 1 aliphatic carbocycles. The second kappa shape index (κ2) is 5.88. The number of aromatic amines is 1. The van der Waals surface area contributed by atoms with Crippen molar-refractivity contribution in [2.75, 3.05) is 13.7 Å². The predicted molar refractivity (Wildman–Crippen MR) is 83.5 cm³/mol. The van der Waals surface area contributed by atoms with Gasteiger partial charge in [0.15, 0.2) is 0 Å². The SMILES string of the molecule is CCNC1CCCC(c2c[nH]c3ccc(OC)cc23)C1. The average Bonchev–Trinajstić information content (AvgIpc) is 2.90. The maximum atomic E-state index is 5.37. The Morgan fingerprint density at radius 3 is 3.05 bits per heavy atom. The fourth-order valence-corrected chi connectivity index (χ4v) is 3.53. The normalized spacial score (nSPS) is 23.1. The number of hydrogen-bond donors (Lipinski definition) is 2. The Kier molecular flexibility index (Phi) is 3.97. The summed E-state index contributed by atoms with van der Waals surface area (Å²) in [6.07, 6.45) is 7.38. The molecule has 3 heteroatoms. The molecule has 2 N–H and O–H groups in total. The highest BCUT2D eigenvalue weighted by molar-refractivity contribution is 5.85. The highest BCUT2D eigenvalue weighted by atomic mass is 16.5. The molecule has 0 bridgehead atoms. The van der Waals surface area contributed by atoms with E-state index >= 15 is 0 Å². The van der Waals surface area contributed by atoms with Crippen LogP contribution in [0.2, 0.25) is 0 Å². The van der Waals surface area contributed by atoms with E-state index in [0.29, 0.717) is 12.0 Å². The van der Waals surface area contributed by atoms with Gasteiger partial charge < -0.3 is 15.0 Å². The highest BCUT2D eigenvalue weighted by Gasteiger charge is 2.24. The minimum Gasteiger partial charge on any atom is -0.497 e. The van der Waals surface area contributed by atoms with Crippen molar-refractivity contribution in [2.45, 2.75) is 44.6 Å². The summed E-state index contributed by atoms with van der Waals surface area (Å²) in [5, 5.41) is 4.94. The molecule has 0 aliphatic heterocycles. The lowest BCUT2D eigenvalue weighted by Gasteiger charge is -2.29. The van der Waals surface area contributed by atoms with Gasteiger partial charge in [0.05, 0.1) is 7.11 Å². The van der Waals surface area contributed by atoms with Crippen LogP contribution in [-0.2, 0) is 0 Å². The van der Waals surface area contributed by atoms with Crippen LogP contribution in [0, 0.1) is 0 Å². The van der Waals surface area contributed by atoms with E-state index in [0.717, 1.165) is 12.3 Å². The van der Waals surface area contributed by atoms with E-state index in [-0.39, 0.29) is 0 Å². The standard InChI is InChI=1S/C17H24N2O/c1-3-18-13-6-4-5-12(9-13)16-11-19-17-8-7-14(20-2)10-15(16)17/h7-8,10-13,18-19H,3-6,9H2,1-2H3. The van der Waals surface area contributed by atoms with Crippen LogP contribution in [0.15, 0.2) is 24.4 Å². The summed E-state index contributed by atoms with van der Waals surface area (Å²) in [7, 11) is 1.73. The molecule has 2 unspecified atom stereocenters. The van der Waals surface area contributed by atoms with Crippen LogP contribution >= 0.6 is 0 Å². The van der Waals surface area contributed by atoms with Crippen molar-refractivity contribution >= 4 is 10.9 Å². The van der Waals surface area contributed by atoms with Crippen molar-refractivity contribution in [3.63, 3.8) is 0 Å². The van der Waals surface area contributed by atoms with Crippen molar-refractivity contribution in [1.82, 2.24) is 10.3 Å². The number of ether oxygens (including phenoxy) is 1. The van der Waals surface area contributed by atoms with Gasteiger partial charge in [-0.1, -0.05) is 13.3 Å². The first-order valence-corrected chi connectivity index (χ1v) is 7.70. The Bertz CT molecular complexity index is 573. The third-order valence-corrected chi connectivity index (χ3v) is 4.53. The number of hydrogen-bond acceptors (Lipinski definition) is 2. The summed E-state index contributed by atoms with van der Waals surface area (Å²) >= 11 is 0. The van der Waals surface area contributed by atoms with E-state index in [1.807, 2.05) is 6.07 Å². The fraction of sp³-hybridized carbons (Fsp3) is 0.529. The Hall–Kier alpha value is -1.48. The molecule has 0 radical (unpaired) electrons. The molecule has 1 saturated carbocycles. The van der Waals surface area contributed by atoms with Crippen molar-refractivity contribution in [2.24, 2.45) is 0 Å². The van der Waals surface area contributed by atoms with Gasteiger partial charge >= 0.3 is 0 Å². The van der Waals surface area contributed by atoms with Crippen LogP contribution in [-0.4, -0.2) is 24.7 Å². The summed E-state index contributed by atoms with van der Waals surface area (Å²) in [6, 6.07) is 6.97. The van der Waals surface area contributed by atoms with Gasteiger partial charge in [0.2, 0.25) is 0 Å². The molecule has 2 aromatic rings. The second-order valence-electron chi connectivity index (χ2n) is 5.77. The third-order valence-electron chi connectivity index (χ3n) is 4.53. The van der Waals surface area contributed by atoms with Crippen LogP contribution < -0.4 is 10.1 Å². The summed E-state index contributed by atoms with van der Waals surface area (Å²) in [5.74, 6) is 1.60. The summed E-state index contributed by atoms with van der Waals surface area (Å²) in [4.78, 5) is 3.41. The van der Waals surface area contributed by atoms with Gasteiger partial charge in [0.1, 0.15) is 5.75 Å². The number of benzene rings is 1. The molecule has 1 heterocycles. The molecule has 1 aromatic heterocycles. The van der Waals surface area contributed by atoms with E-state index in [9.17, 15) is 0 Å². The first-order chi connectivity index (χ1) is 9.81. The lowest BCUT2D eigenvalue weighted by atomic mass is 9.81. The minimum atomic E-state index is 0.661. The second-order valence-corrected chi connectivity index (χ2v) is 5.77. The zero-order valence-electron chi connectivity index (χ0n) is 12.4. The molecule has 0 saturated heterocycles. The van der Waals surface area contributed by atoms with Crippen LogP contribution in [0.1, 0.15) is 44.1 Å². The fourth-order valence-electron chi connectivity index (χ4n) is 3.53. The van der Waals surface area contributed by atoms with E-state index < -0.39 is 0 Å². The molecule has 1 aliphatic rings. The predicted octanol–water partition coefficient (Wildman–Crippen LogP) is 3.81. The number of nitrogens with one attached hydrogen (secondary N) is 2. The van der Waals surface area contributed by atoms with Crippen LogP contribution in [0.4, 0.5) is 0 Å². The van der Waals surface area contributed by atoms with Crippen molar-refractivity contribution in [3.05, 3.63) is 30.0 Å². The quantitative estimate of drug-likeness (QED) is 0.888. The molecular weight excluding hydrogens is 248 g/mol. The lowest BCUT2D eigenvalue weighted by molar-refractivity contribution is 0.345. The summed E-state index contributed by atoms with van der Waals surface area (Å²) in [6.45, 7) is 3.26.